The fourth-order valence-electron chi connectivity index (χ4n) is 2.23. The molecule has 1 unspecified atom stereocenters. The van der Waals surface area contributed by atoms with Gasteiger partial charge in [-0.05, 0) is 18.6 Å². The van der Waals surface area contributed by atoms with Gasteiger partial charge in [-0.15, -0.1) is 0 Å². The van der Waals surface area contributed by atoms with Crippen LogP contribution in [0, 0.1) is 17.0 Å². The van der Waals surface area contributed by atoms with Crippen molar-refractivity contribution in [3.63, 3.8) is 0 Å². The summed E-state index contributed by atoms with van der Waals surface area (Å²) in [6.07, 6.45) is 0. The van der Waals surface area contributed by atoms with Crippen molar-refractivity contribution in [1.29, 1.82) is 0 Å². The fourth-order valence-corrected chi connectivity index (χ4v) is 2.23. The summed E-state index contributed by atoms with van der Waals surface area (Å²) in [6.45, 7) is 3.14. The molecule has 19 heavy (non-hydrogen) atoms. The first-order valence-corrected chi connectivity index (χ1v) is 5.96. The van der Waals surface area contributed by atoms with E-state index in [2.05, 4.69) is 5.32 Å². The van der Waals surface area contributed by atoms with Gasteiger partial charge in [0.2, 0.25) is 0 Å². The number of benzene rings is 1. The molecule has 1 aromatic rings. The zero-order valence-electron chi connectivity index (χ0n) is 10.5. The van der Waals surface area contributed by atoms with Crippen LogP contribution in [0.2, 0.25) is 0 Å². The summed E-state index contributed by atoms with van der Waals surface area (Å²) >= 11 is 0. The highest BCUT2D eigenvalue weighted by atomic mass is 16.6. The normalized spacial score (nSPS) is 19.2. The first-order chi connectivity index (χ1) is 9.00. The Morgan fingerprint density at radius 3 is 2.95 bits per heavy atom. The number of nitro benzene ring substituents is 1. The van der Waals surface area contributed by atoms with Crippen molar-refractivity contribution in [3.8, 4) is 0 Å². The van der Waals surface area contributed by atoms with Crippen LogP contribution < -0.4 is 10.2 Å². The van der Waals surface area contributed by atoms with E-state index < -0.39 is 16.9 Å². The Balaban J connectivity index is 2.46. The van der Waals surface area contributed by atoms with Crippen molar-refractivity contribution < 1.29 is 14.8 Å². The lowest BCUT2D eigenvalue weighted by Gasteiger charge is -2.35. The van der Waals surface area contributed by atoms with Crippen LogP contribution in [0.4, 0.5) is 11.4 Å². The summed E-state index contributed by atoms with van der Waals surface area (Å²) in [4.78, 5) is 23.4. The van der Waals surface area contributed by atoms with E-state index in [0.29, 0.717) is 18.8 Å². The standard InChI is InChI=1S/C12H15N3O4/c1-8-2-3-9(15(18)19)10(6-8)14-5-4-13-7-11(14)12(16)17/h2-3,6,11,13H,4-5,7H2,1H3,(H,16,17). The van der Waals surface area contributed by atoms with Crippen molar-refractivity contribution >= 4 is 17.3 Å². The molecule has 0 aromatic heterocycles. The van der Waals surface area contributed by atoms with Crippen molar-refractivity contribution in [2.24, 2.45) is 0 Å². The monoisotopic (exact) mass is 265 g/mol. The molecule has 1 atom stereocenters. The summed E-state index contributed by atoms with van der Waals surface area (Å²) in [5.74, 6) is -0.983. The Bertz CT molecular complexity index is 518. The highest BCUT2D eigenvalue weighted by Gasteiger charge is 2.32. The molecule has 7 heteroatoms. The Labute approximate surface area is 110 Å². The summed E-state index contributed by atoms with van der Waals surface area (Å²) in [6, 6.07) is 3.96. The van der Waals surface area contributed by atoms with E-state index in [0.717, 1.165) is 5.56 Å². The molecule has 0 saturated carbocycles. The number of aliphatic carboxylic acids is 1. The second-order valence-corrected chi connectivity index (χ2v) is 4.50. The van der Waals surface area contributed by atoms with Crippen LogP contribution in [-0.2, 0) is 4.79 Å². The number of anilines is 1. The zero-order chi connectivity index (χ0) is 14.0. The first-order valence-electron chi connectivity index (χ1n) is 5.96. The van der Waals surface area contributed by atoms with Crippen LogP contribution in [-0.4, -0.2) is 41.7 Å². The van der Waals surface area contributed by atoms with Gasteiger partial charge in [0.25, 0.3) is 5.69 Å². The number of rotatable bonds is 3. The van der Waals surface area contributed by atoms with Crippen LogP contribution in [0.15, 0.2) is 18.2 Å². The van der Waals surface area contributed by atoms with Crippen molar-refractivity contribution in [2.75, 3.05) is 24.5 Å². The van der Waals surface area contributed by atoms with E-state index in [1.54, 1.807) is 17.0 Å². The third-order valence-electron chi connectivity index (χ3n) is 3.17. The van der Waals surface area contributed by atoms with Crippen LogP contribution >= 0.6 is 0 Å². The number of carbonyl (C=O) groups is 1. The van der Waals surface area contributed by atoms with Crippen molar-refractivity contribution in [1.82, 2.24) is 5.32 Å². The van der Waals surface area contributed by atoms with Gasteiger partial charge >= 0.3 is 5.97 Å². The smallest absolute Gasteiger partial charge is 0.327 e. The summed E-state index contributed by atoms with van der Waals surface area (Å²) in [7, 11) is 0. The number of carboxylic acids is 1. The van der Waals surface area contributed by atoms with Gasteiger partial charge in [-0.1, -0.05) is 6.07 Å². The van der Waals surface area contributed by atoms with Crippen molar-refractivity contribution in [2.45, 2.75) is 13.0 Å². The molecule has 2 rings (SSSR count). The third-order valence-corrected chi connectivity index (χ3v) is 3.17. The molecule has 0 bridgehead atoms. The lowest BCUT2D eigenvalue weighted by molar-refractivity contribution is -0.384. The van der Waals surface area contributed by atoms with Gasteiger partial charge < -0.3 is 15.3 Å². The molecule has 1 heterocycles. The highest BCUT2D eigenvalue weighted by molar-refractivity contribution is 5.81. The van der Waals surface area contributed by atoms with E-state index in [1.807, 2.05) is 6.92 Å². The molecule has 1 aliphatic rings. The second kappa shape index (κ2) is 5.23. The number of nitrogens with one attached hydrogen (secondary N) is 1. The number of nitrogens with zero attached hydrogens (tertiary/aromatic N) is 2. The Morgan fingerprint density at radius 1 is 1.58 bits per heavy atom. The van der Waals surface area contributed by atoms with Crippen LogP contribution in [0.25, 0.3) is 0 Å². The molecular weight excluding hydrogens is 250 g/mol. The maximum absolute atomic E-state index is 11.3. The molecule has 0 aliphatic carbocycles. The molecular formula is C12H15N3O4. The number of hydrogen-bond donors (Lipinski definition) is 2. The van der Waals surface area contributed by atoms with Crippen LogP contribution in [0.3, 0.4) is 0 Å². The molecule has 1 fully saturated rings. The molecule has 102 valence electrons. The maximum Gasteiger partial charge on any atom is 0.327 e. The van der Waals surface area contributed by atoms with E-state index in [4.69, 9.17) is 0 Å². The van der Waals surface area contributed by atoms with Crippen LogP contribution in [0.5, 0.6) is 0 Å². The maximum atomic E-state index is 11.3. The molecule has 2 N–H and O–H groups in total. The van der Waals surface area contributed by atoms with Crippen molar-refractivity contribution in [3.05, 3.63) is 33.9 Å². The van der Waals surface area contributed by atoms with Gasteiger partial charge in [0.05, 0.1) is 4.92 Å². The summed E-state index contributed by atoms with van der Waals surface area (Å²) in [5, 5.41) is 23.3. The molecule has 7 nitrogen and oxygen atoms in total. The lowest BCUT2D eigenvalue weighted by Crippen LogP contribution is -2.55. The first kappa shape index (κ1) is 13.3. The lowest BCUT2D eigenvalue weighted by atomic mass is 10.1. The molecule has 0 radical (unpaired) electrons. The number of carboxylic acid groups (broad SMARTS) is 1. The largest absolute Gasteiger partial charge is 0.480 e. The number of hydrogen-bond acceptors (Lipinski definition) is 5. The number of aryl methyl sites for hydroxylation is 1. The van der Waals surface area contributed by atoms with Gasteiger partial charge in [0, 0.05) is 25.7 Å². The minimum absolute atomic E-state index is 0.0567. The van der Waals surface area contributed by atoms with Gasteiger partial charge in [0.15, 0.2) is 0 Å². The van der Waals surface area contributed by atoms with Gasteiger partial charge in [0.1, 0.15) is 11.7 Å². The highest BCUT2D eigenvalue weighted by Crippen LogP contribution is 2.31. The fraction of sp³-hybridized carbons (Fsp3) is 0.417. The quantitative estimate of drug-likeness (QED) is 0.619. The van der Waals surface area contributed by atoms with Gasteiger partial charge in [-0.2, -0.15) is 0 Å². The van der Waals surface area contributed by atoms with E-state index in [9.17, 15) is 20.0 Å². The average Bonchev–Trinajstić information content (AvgIpc) is 2.38. The minimum atomic E-state index is -0.983. The van der Waals surface area contributed by atoms with Gasteiger partial charge in [-0.25, -0.2) is 4.79 Å². The molecule has 1 aliphatic heterocycles. The Hall–Kier alpha value is -2.15. The molecule has 1 saturated heterocycles. The zero-order valence-corrected chi connectivity index (χ0v) is 10.5. The molecule has 0 spiro atoms. The predicted molar refractivity (Wildman–Crippen MR) is 69.5 cm³/mol. The molecule has 0 amide bonds. The number of piperazine rings is 1. The van der Waals surface area contributed by atoms with E-state index >= 15 is 0 Å². The number of nitro groups is 1. The van der Waals surface area contributed by atoms with E-state index in [-0.39, 0.29) is 12.2 Å². The SMILES string of the molecule is Cc1ccc([N+](=O)[O-])c(N2CCNCC2C(=O)O)c1. The predicted octanol–water partition coefficient (Wildman–Crippen LogP) is 0.766. The summed E-state index contributed by atoms with van der Waals surface area (Å²) < 4.78 is 0. The topological polar surface area (TPSA) is 95.7 Å². The minimum Gasteiger partial charge on any atom is -0.480 e. The molecule has 1 aromatic carbocycles. The Morgan fingerprint density at radius 2 is 2.32 bits per heavy atom. The van der Waals surface area contributed by atoms with Gasteiger partial charge in [-0.3, -0.25) is 10.1 Å². The van der Waals surface area contributed by atoms with Crippen LogP contribution in [0.1, 0.15) is 5.56 Å². The third kappa shape index (κ3) is 2.65. The second-order valence-electron chi connectivity index (χ2n) is 4.50. The Kier molecular flexibility index (Phi) is 3.66. The van der Waals surface area contributed by atoms with E-state index in [1.165, 1.54) is 6.07 Å². The average molecular weight is 265 g/mol. The summed E-state index contributed by atoms with van der Waals surface area (Å²) in [5.41, 5.74) is 1.18.